The van der Waals surface area contributed by atoms with Crippen molar-refractivity contribution in [2.75, 3.05) is 37.6 Å². The van der Waals surface area contributed by atoms with E-state index >= 15 is 0 Å². The minimum absolute atomic E-state index is 0.446. The number of β-amino-alcohol motifs (C(OH)–C–C–N with tert-alkyl or cyclic N) is 1. The number of nitrogens with zero attached hydrogens (tertiary/aromatic N) is 6. The van der Waals surface area contributed by atoms with Crippen molar-refractivity contribution in [1.82, 2.24) is 24.5 Å². The quantitative estimate of drug-likeness (QED) is 0.771. The molecule has 2 aromatic heterocycles. The van der Waals surface area contributed by atoms with Gasteiger partial charge in [-0.2, -0.15) is 9.61 Å². The van der Waals surface area contributed by atoms with Crippen LogP contribution in [0.25, 0.3) is 5.65 Å². The Hall–Kier alpha value is -2.51. The third kappa shape index (κ3) is 2.95. The lowest BCUT2D eigenvalue weighted by Crippen LogP contribution is -2.48. The predicted molar refractivity (Wildman–Crippen MR) is 90.8 cm³/mol. The van der Waals surface area contributed by atoms with Crippen molar-refractivity contribution in [1.29, 1.82) is 0 Å². The summed E-state index contributed by atoms with van der Waals surface area (Å²) in [6, 6.07) is 9.83. The highest BCUT2D eigenvalue weighted by molar-refractivity contribution is 5.46. The van der Waals surface area contributed by atoms with Crippen LogP contribution in [0.15, 0.2) is 49.1 Å². The van der Waals surface area contributed by atoms with Crippen molar-refractivity contribution >= 4 is 11.5 Å². The number of benzene rings is 1. The summed E-state index contributed by atoms with van der Waals surface area (Å²) < 4.78 is 1.82. The molecule has 4 rings (SSSR count). The average molecular weight is 324 g/mol. The van der Waals surface area contributed by atoms with Gasteiger partial charge in [0.05, 0.1) is 18.5 Å². The molecule has 0 saturated carbocycles. The van der Waals surface area contributed by atoms with E-state index in [1.54, 1.807) is 12.5 Å². The third-order valence-electron chi connectivity index (χ3n) is 4.48. The normalized spacial score (nSPS) is 17.3. The molecule has 1 fully saturated rings. The molecule has 3 aromatic rings. The van der Waals surface area contributed by atoms with E-state index in [2.05, 4.69) is 24.9 Å². The van der Waals surface area contributed by atoms with Gasteiger partial charge in [0.15, 0.2) is 11.5 Å². The second-order valence-electron chi connectivity index (χ2n) is 6.01. The number of fused-ring (bicyclic) bond motifs is 1. The molecule has 0 unspecified atom stereocenters. The largest absolute Gasteiger partial charge is 0.387 e. The summed E-state index contributed by atoms with van der Waals surface area (Å²) in [5.41, 5.74) is 1.73. The Morgan fingerprint density at radius 2 is 1.83 bits per heavy atom. The molecular weight excluding hydrogens is 304 g/mol. The molecule has 1 saturated heterocycles. The van der Waals surface area contributed by atoms with E-state index in [4.69, 9.17) is 0 Å². The fourth-order valence-electron chi connectivity index (χ4n) is 3.14. The van der Waals surface area contributed by atoms with Crippen LogP contribution in [0.2, 0.25) is 0 Å². The summed E-state index contributed by atoms with van der Waals surface area (Å²) in [6.07, 6.45) is 4.64. The molecule has 1 atom stereocenters. The van der Waals surface area contributed by atoms with Crippen LogP contribution in [0, 0.1) is 0 Å². The van der Waals surface area contributed by atoms with E-state index < -0.39 is 6.10 Å². The number of anilines is 1. The van der Waals surface area contributed by atoms with Gasteiger partial charge in [-0.1, -0.05) is 30.3 Å². The Morgan fingerprint density at radius 3 is 2.62 bits per heavy atom. The first-order valence-corrected chi connectivity index (χ1v) is 8.15. The second-order valence-corrected chi connectivity index (χ2v) is 6.01. The Bertz CT molecular complexity index is 797. The van der Waals surface area contributed by atoms with Gasteiger partial charge >= 0.3 is 0 Å². The second kappa shape index (κ2) is 6.54. The summed E-state index contributed by atoms with van der Waals surface area (Å²) in [7, 11) is 0. The molecule has 1 aliphatic rings. The molecule has 0 spiro atoms. The summed E-state index contributed by atoms with van der Waals surface area (Å²) in [5, 5.41) is 14.7. The summed E-state index contributed by atoms with van der Waals surface area (Å²) in [4.78, 5) is 13.0. The van der Waals surface area contributed by atoms with Gasteiger partial charge in [-0.15, -0.1) is 0 Å². The number of hydrogen-bond acceptors (Lipinski definition) is 6. The molecule has 0 aliphatic carbocycles. The summed E-state index contributed by atoms with van der Waals surface area (Å²) >= 11 is 0. The van der Waals surface area contributed by atoms with Crippen LogP contribution in [0.5, 0.6) is 0 Å². The number of aliphatic hydroxyl groups excluding tert-OH is 1. The van der Waals surface area contributed by atoms with Gasteiger partial charge in [-0.25, -0.2) is 4.98 Å². The predicted octanol–water partition coefficient (Wildman–Crippen LogP) is 0.980. The maximum atomic E-state index is 10.4. The summed E-state index contributed by atoms with van der Waals surface area (Å²) in [6.45, 7) is 4.21. The molecule has 124 valence electrons. The highest BCUT2D eigenvalue weighted by Gasteiger charge is 2.21. The highest BCUT2D eigenvalue weighted by atomic mass is 16.3. The number of rotatable bonds is 4. The number of piperazine rings is 1. The van der Waals surface area contributed by atoms with Crippen LogP contribution < -0.4 is 4.90 Å². The Balaban J connectivity index is 1.39. The first-order valence-electron chi connectivity index (χ1n) is 8.15. The molecule has 24 heavy (non-hydrogen) atoms. The minimum Gasteiger partial charge on any atom is -0.387 e. The van der Waals surface area contributed by atoms with Gasteiger partial charge < -0.3 is 10.0 Å². The monoisotopic (exact) mass is 324 g/mol. The van der Waals surface area contributed by atoms with Gasteiger partial charge in [0.25, 0.3) is 0 Å². The van der Waals surface area contributed by atoms with Crippen LogP contribution in [0.1, 0.15) is 11.7 Å². The Kier molecular flexibility index (Phi) is 4.10. The highest BCUT2D eigenvalue weighted by Crippen LogP contribution is 2.18. The van der Waals surface area contributed by atoms with Crippen molar-refractivity contribution in [2.24, 2.45) is 0 Å². The zero-order valence-electron chi connectivity index (χ0n) is 13.4. The molecular formula is C17H20N6O. The lowest BCUT2D eigenvalue weighted by atomic mass is 10.1. The zero-order chi connectivity index (χ0) is 16.4. The van der Waals surface area contributed by atoms with Gasteiger partial charge in [0, 0.05) is 32.7 Å². The van der Waals surface area contributed by atoms with Crippen molar-refractivity contribution in [2.45, 2.75) is 6.10 Å². The maximum Gasteiger partial charge on any atom is 0.175 e. The van der Waals surface area contributed by atoms with E-state index in [9.17, 15) is 5.11 Å². The van der Waals surface area contributed by atoms with E-state index in [0.29, 0.717) is 6.54 Å². The standard InChI is InChI=1S/C17H20N6O/c24-15(14-4-2-1-3-5-14)12-21-6-8-22(9-7-21)17-11-18-10-16-19-13-20-23(16)17/h1-5,10-11,13,15,24H,6-9,12H2/t15-/m1/s1. The number of hydrogen-bond donors (Lipinski definition) is 1. The van der Waals surface area contributed by atoms with Gasteiger partial charge in [0.2, 0.25) is 0 Å². The molecule has 0 amide bonds. The number of aliphatic hydroxyl groups is 1. The van der Waals surface area contributed by atoms with E-state index in [-0.39, 0.29) is 0 Å². The van der Waals surface area contributed by atoms with E-state index in [1.165, 1.54) is 0 Å². The van der Waals surface area contributed by atoms with Crippen molar-refractivity contribution in [3.8, 4) is 0 Å². The van der Waals surface area contributed by atoms with Crippen LogP contribution in [0.4, 0.5) is 5.82 Å². The smallest absolute Gasteiger partial charge is 0.175 e. The van der Waals surface area contributed by atoms with Crippen molar-refractivity contribution in [3.05, 3.63) is 54.6 Å². The lowest BCUT2D eigenvalue weighted by molar-refractivity contribution is 0.109. The van der Waals surface area contributed by atoms with Gasteiger partial charge in [0.1, 0.15) is 6.33 Å². The summed E-state index contributed by atoms with van der Waals surface area (Å²) in [5.74, 6) is 0.966. The lowest BCUT2D eigenvalue weighted by Gasteiger charge is -2.36. The molecule has 1 N–H and O–H groups in total. The molecule has 0 radical (unpaired) electrons. The molecule has 1 aliphatic heterocycles. The van der Waals surface area contributed by atoms with E-state index in [1.807, 2.05) is 41.0 Å². The average Bonchev–Trinajstić information content (AvgIpc) is 3.12. The Morgan fingerprint density at radius 1 is 1.04 bits per heavy atom. The van der Waals surface area contributed by atoms with Crippen LogP contribution in [-0.4, -0.2) is 62.3 Å². The SMILES string of the molecule is O[C@H](CN1CCN(c2cncc3ncnn23)CC1)c1ccccc1. The van der Waals surface area contributed by atoms with Crippen molar-refractivity contribution < 1.29 is 5.11 Å². The maximum absolute atomic E-state index is 10.4. The van der Waals surface area contributed by atoms with Crippen LogP contribution >= 0.6 is 0 Å². The first-order chi connectivity index (χ1) is 11.8. The first kappa shape index (κ1) is 15.0. The van der Waals surface area contributed by atoms with Crippen LogP contribution in [0.3, 0.4) is 0 Å². The zero-order valence-corrected chi connectivity index (χ0v) is 13.4. The number of aromatic nitrogens is 4. The molecule has 1 aromatic carbocycles. The minimum atomic E-state index is -0.446. The molecule has 7 heteroatoms. The Labute approximate surface area is 140 Å². The van der Waals surface area contributed by atoms with Gasteiger partial charge in [-0.05, 0) is 5.56 Å². The molecule has 3 heterocycles. The topological polar surface area (TPSA) is 69.8 Å². The molecule has 0 bridgehead atoms. The fourth-order valence-corrected chi connectivity index (χ4v) is 3.14. The fraction of sp³-hybridized carbons (Fsp3) is 0.353. The van der Waals surface area contributed by atoms with Gasteiger partial charge in [-0.3, -0.25) is 9.88 Å². The molecule has 7 nitrogen and oxygen atoms in total. The van der Waals surface area contributed by atoms with E-state index in [0.717, 1.165) is 43.2 Å². The third-order valence-corrected chi connectivity index (χ3v) is 4.48. The van der Waals surface area contributed by atoms with Crippen LogP contribution in [-0.2, 0) is 0 Å². The van der Waals surface area contributed by atoms with Crippen molar-refractivity contribution in [3.63, 3.8) is 0 Å².